The van der Waals surface area contributed by atoms with Crippen LogP contribution in [0, 0.1) is 18.3 Å². The van der Waals surface area contributed by atoms with Crippen molar-refractivity contribution in [1.82, 2.24) is 14.9 Å². The fourth-order valence-electron chi connectivity index (χ4n) is 5.74. The van der Waals surface area contributed by atoms with Gasteiger partial charge in [-0.2, -0.15) is 26.6 Å². The first kappa shape index (κ1) is 26.7. The number of benzene rings is 1. The monoisotopic (exact) mass is 553 g/mol. The van der Waals surface area contributed by atoms with Crippen LogP contribution in [0.2, 0.25) is 0 Å². The van der Waals surface area contributed by atoms with Crippen LogP contribution in [0.3, 0.4) is 0 Å². The Balaban J connectivity index is 1.40. The lowest BCUT2D eigenvalue weighted by atomic mass is 9.44. The van der Waals surface area contributed by atoms with Crippen molar-refractivity contribution < 1.29 is 30.6 Å². The number of aromatic nitrogens is 2. The second-order valence-corrected chi connectivity index (χ2v) is 12.2. The summed E-state index contributed by atoms with van der Waals surface area (Å²) in [7, 11) is -3.60. The average Bonchev–Trinajstić information content (AvgIpc) is 3.18. The predicted octanol–water partition coefficient (Wildman–Crippen LogP) is 4.01. The summed E-state index contributed by atoms with van der Waals surface area (Å²) < 4.78 is 67.7. The van der Waals surface area contributed by atoms with Gasteiger partial charge in [-0.3, -0.25) is 8.98 Å². The standard InChI is InChI=1S/C25H30F3N5O4S/c1-14-17(5-4-6-19(14)25(26,27)28)15(2)30-21-18-12-33(22(34)24-9-16(10-24)11-24)13-20(18)31-23(32-21)29-7-8-37-38(3,35)36/h4-6,15-16H,7-13H2,1-3H3,(H2,29,30,31,32)/t15-,16?,24?/m1/s1. The number of alkyl halides is 3. The second-order valence-electron chi connectivity index (χ2n) is 10.6. The molecule has 38 heavy (non-hydrogen) atoms. The van der Waals surface area contributed by atoms with Gasteiger partial charge in [-0.05, 0) is 56.2 Å². The molecule has 206 valence electrons. The van der Waals surface area contributed by atoms with E-state index in [1.54, 1.807) is 17.9 Å². The molecule has 9 nitrogen and oxygen atoms in total. The van der Waals surface area contributed by atoms with E-state index in [0.29, 0.717) is 36.1 Å². The van der Waals surface area contributed by atoms with Gasteiger partial charge in [0.1, 0.15) is 5.82 Å². The lowest BCUT2D eigenvalue weighted by Crippen LogP contribution is -2.60. The first-order chi connectivity index (χ1) is 17.8. The smallest absolute Gasteiger partial charge is 0.363 e. The molecule has 4 aliphatic rings. The number of rotatable bonds is 9. The van der Waals surface area contributed by atoms with Crippen molar-refractivity contribution in [2.75, 3.05) is 30.0 Å². The second kappa shape index (κ2) is 9.37. The Bertz CT molecular complexity index is 1360. The number of halogens is 3. The quantitative estimate of drug-likeness (QED) is 0.354. The zero-order valence-corrected chi connectivity index (χ0v) is 22.2. The van der Waals surface area contributed by atoms with Crippen molar-refractivity contribution >= 4 is 27.8 Å². The third kappa shape index (κ3) is 5.05. The molecule has 1 aliphatic heterocycles. The molecule has 3 fully saturated rings. The van der Waals surface area contributed by atoms with Gasteiger partial charge in [0.2, 0.25) is 11.9 Å². The molecular formula is C25H30F3N5O4S. The molecule has 0 unspecified atom stereocenters. The highest BCUT2D eigenvalue weighted by Crippen LogP contribution is 2.65. The Kier molecular flexibility index (Phi) is 6.57. The number of nitrogens with one attached hydrogen (secondary N) is 2. The molecule has 2 N–H and O–H groups in total. The molecular weight excluding hydrogens is 523 g/mol. The minimum absolute atomic E-state index is 0.112. The Morgan fingerprint density at radius 1 is 1.24 bits per heavy atom. The van der Waals surface area contributed by atoms with Crippen molar-refractivity contribution in [3.8, 4) is 0 Å². The lowest BCUT2D eigenvalue weighted by molar-refractivity contribution is -0.177. The lowest BCUT2D eigenvalue weighted by Gasteiger charge is -2.61. The molecule has 2 aromatic rings. The Morgan fingerprint density at radius 3 is 2.55 bits per heavy atom. The van der Waals surface area contributed by atoms with Crippen LogP contribution in [0.4, 0.5) is 24.9 Å². The Morgan fingerprint density at radius 2 is 1.95 bits per heavy atom. The number of carbonyl (C=O) groups is 1. The summed E-state index contributed by atoms with van der Waals surface area (Å²) in [6.07, 6.45) is -0.740. The number of carbonyl (C=O) groups excluding carboxylic acids is 1. The summed E-state index contributed by atoms with van der Waals surface area (Å²) in [6.45, 7) is 3.80. The van der Waals surface area contributed by atoms with Crippen LogP contribution in [0.1, 0.15) is 60.2 Å². The van der Waals surface area contributed by atoms with Gasteiger partial charge in [0.25, 0.3) is 10.1 Å². The Labute approximate surface area is 219 Å². The van der Waals surface area contributed by atoms with E-state index in [1.165, 1.54) is 13.0 Å². The number of anilines is 2. The molecule has 0 spiro atoms. The van der Waals surface area contributed by atoms with Crippen LogP contribution in [-0.4, -0.2) is 48.6 Å². The number of amides is 1. The fourth-order valence-corrected chi connectivity index (χ4v) is 6.13. The summed E-state index contributed by atoms with van der Waals surface area (Å²) in [6, 6.07) is 3.56. The highest BCUT2D eigenvalue weighted by atomic mass is 32.2. The maximum absolute atomic E-state index is 13.5. The van der Waals surface area contributed by atoms with E-state index in [9.17, 15) is 26.4 Å². The zero-order chi connectivity index (χ0) is 27.5. The molecule has 1 atom stereocenters. The van der Waals surface area contributed by atoms with E-state index in [1.807, 2.05) is 0 Å². The Hall–Kier alpha value is -2.93. The van der Waals surface area contributed by atoms with Gasteiger partial charge in [-0.25, -0.2) is 4.98 Å². The van der Waals surface area contributed by atoms with E-state index >= 15 is 0 Å². The first-order valence-corrected chi connectivity index (χ1v) is 14.3. The number of nitrogens with zero attached hydrogens (tertiary/aromatic N) is 3. The molecule has 3 saturated carbocycles. The van der Waals surface area contributed by atoms with Crippen LogP contribution in [0.25, 0.3) is 0 Å². The molecule has 3 aliphatic carbocycles. The largest absolute Gasteiger partial charge is 0.416 e. The van der Waals surface area contributed by atoms with Crippen molar-refractivity contribution in [1.29, 1.82) is 0 Å². The van der Waals surface area contributed by atoms with Crippen LogP contribution >= 0.6 is 0 Å². The van der Waals surface area contributed by atoms with Gasteiger partial charge in [-0.15, -0.1) is 0 Å². The average molecular weight is 554 g/mol. The minimum Gasteiger partial charge on any atom is -0.363 e. The van der Waals surface area contributed by atoms with Gasteiger partial charge in [0.15, 0.2) is 0 Å². The molecule has 0 saturated heterocycles. The highest BCUT2D eigenvalue weighted by Gasteiger charge is 2.62. The maximum atomic E-state index is 13.5. The molecule has 2 bridgehead atoms. The summed E-state index contributed by atoms with van der Waals surface area (Å²) in [5.74, 6) is 1.39. The number of fused-ring (bicyclic) bond motifs is 1. The minimum atomic E-state index is -4.47. The van der Waals surface area contributed by atoms with E-state index in [2.05, 4.69) is 20.6 Å². The fraction of sp³-hybridized carbons (Fsp3) is 0.560. The number of hydrogen-bond donors (Lipinski definition) is 2. The highest BCUT2D eigenvalue weighted by molar-refractivity contribution is 7.85. The maximum Gasteiger partial charge on any atom is 0.416 e. The number of hydrogen-bond acceptors (Lipinski definition) is 8. The molecule has 1 amide bonds. The summed E-state index contributed by atoms with van der Waals surface area (Å²) >= 11 is 0. The molecule has 2 heterocycles. The normalized spacial score (nSPS) is 22.8. The summed E-state index contributed by atoms with van der Waals surface area (Å²) in [4.78, 5) is 24.1. The third-order valence-corrected chi connectivity index (χ3v) is 8.34. The molecule has 1 aromatic carbocycles. The van der Waals surface area contributed by atoms with Gasteiger partial charge >= 0.3 is 6.18 Å². The molecule has 6 rings (SSSR count). The van der Waals surface area contributed by atoms with Crippen LogP contribution in [0.15, 0.2) is 18.2 Å². The topological polar surface area (TPSA) is 114 Å². The van der Waals surface area contributed by atoms with Gasteiger partial charge in [0.05, 0.1) is 48.7 Å². The van der Waals surface area contributed by atoms with Gasteiger partial charge in [-0.1, -0.05) is 12.1 Å². The predicted molar refractivity (Wildman–Crippen MR) is 134 cm³/mol. The van der Waals surface area contributed by atoms with Crippen LogP contribution < -0.4 is 10.6 Å². The summed E-state index contributed by atoms with van der Waals surface area (Å²) in [5.41, 5.74) is 1.02. The van der Waals surface area contributed by atoms with E-state index < -0.39 is 27.9 Å². The van der Waals surface area contributed by atoms with Crippen LogP contribution in [0.5, 0.6) is 0 Å². The van der Waals surface area contributed by atoms with E-state index in [-0.39, 0.29) is 36.0 Å². The van der Waals surface area contributed by atoms with Crippen molar-refractivity contribution in [3.05, 3.63) is 46.1 Å². The van der Waals surface area contributed by atoms with E-state index in [4.69, 9.17) is 4.18 Å². The van der Waals surface area contributed by atoms with Crippen molar-refractivity contribution in [2.45, 2.75) is 58.4 Å². The summed E-state index contributed by atoms with van der Waals surface area (Å²) in [5, 5.41) is 6.19. The van der Waals surface area contributed by atoms with Crippen molar-refractivity contribution in [3.63, 3.8) is 0 Å². The van der Waals surface area contributed by atoms with Gasteiger partial charge in [0, 0.05) is 12.1 Å². The third-order valence-electron chi connectivity index (χ3n) is 7.74. The van der Waals surface area contributed by atoms with Crippen molar-refractivity contribution in [2.24, 2.45) is 11.3 Å². The SMILES string of the molecule is Cc1c([C@@H](C)Nc2nc(NCCOS(C)(=O)=O)nc3c2CN(C(=O)C24CC(C2)C4)C3)cccc1C(F)(F)F. The molecule has 1 aromatic heterocycles. The molecule has 0 radical (unpaired) electrons. The van der Waals surface area contributed by atoms with Crippen LogP contribution in [-0.2, 0) is 38.4 Å². The van der Waals surface area contributed by atoms with Gasteiger partial charge < -0.3 is 15.5 Å². The first-order valence-electron chi connectivity index (χ1n) is 12.5. The van der Waals surface area contributed by atoms with E-state index in [0.717, 1.165) is 37.1 Å². The zero-order valence-electron chi connectivity index (χ0n) is 21.4. The molecule has 13 heteroatoms.